The molecule has 1 aromatic rings. The Bertz CT molecular complexity index is 371. The van der Waals surface area contributed by atoms with Crippen LogP contribution in [0.15, 0.2) is 6.07 Å². The zero-order chi connectivity index (χ0) is 15.5. The van der Waals surface area contributed by atoms with Crippen LogP contribution in [0.4, 0.5) is 5.82 Å². The van der Waals surface area contributed by atoms with Gasteiger partial charge in [0.1, 0.15) is 11.6 Å². The molecule has 1 N–H and O–H groups in total. The quantitative estimate of drug-likeness (QED) is 0.654. The average molecular weight is 293 g/mol. The summed E-state index contributed by atoms with van der Waals surface area (Å²) in [4.78, 5) is 9.03. The lowest BCUT2D eigenvalue weighted by atomic mass is 10.0. The van der Waals surface area contributed by atoms with Crippen LogP contribution in [0.25, 0.3) is 0 Å². The summed E-state index contributed by atoms with van der Waals surface area (Å²) < 4.78 is 5.94. The molecule has 1 aromatic heterocycles. The summed E-state index contributed by atoms with van der Waals surface area (Å²) in [6, 6.07) is 1.91. The van der Waals surface area contributed by atoms with Crippen molar-refractivity contribution in [1.82, 2.24) is 9.97 Å². The number of ether oxygens (including phenoxy) is 1. The van der Waals surface area contributed by atoms with Crippen LogP contribution >= 0.6 is 0 Å². The smallest absolute Gasteiger partial charge is 0.218 e. The first-order chi connectivity index (χ1) is 10.2. The van der Waals surface area contributed by atoms with Crippen LogP contribution in [-0.2, 0) is 6.42 Å². The molecule has 1 unspecified atom stereocenters. The molecule has 4 heteroatoms. The second-order valence-corrected chi connectivity index (χ2v) is 5.52. The normalized spacial score (nSPS) is 12.2. The first-order valence-electron chi connectivity index (χ1n) is 8.47. The zero-order valence-corrected chi connectivity index (χ0v) is 14.1. The van der Waals surface area contributed by atoms with Gasteiger partial charge in [-0.1, -0.05) is 40.0 Å². The predicted molar refractivity (Wildman–Crippen MR) is 89.0 cm³/mol. The van der Waals surface area contributed by atoms with Gasteiger partial charge in [0.15, 0.2) is 0 Å². The van der Waals surface area contributed by atoms with Crippen LogP contribution in [0.1, 0.15) is 65.6 Å². The maximum Gasteiger partial charge on any atom is 0.218 e. The second-order valence-electron chi connectivity index (χ2n) is 5.52. The molecule has 0 spiro atoms. The van der Waals surface area contributed by atoms with E-state index in [4.69, 9.17) is 4.74 Å². The molecule has 0 aliphatic rings. The van der Waals surface area contributed by atoms with Gasteiger partial charge in [-0.05, 0) is 25.7 Å². The van der Waals surface area contributed by atoms with Gasteiger partial charge in [-0.15, -0.1) is 0 Å². The molecule has 21 heavy (non-hydrogen) atoms. The Labute approximate surface area is 129 Å². The Morgan fingerprint density at radius 1 is 1.14 bits per heavy atom. The maximum absolute atomic E-state index is 5.94. The lowest BCUT2D eigenvalue weighted by Crippen LogP contribution is -2.13. The molecular formula is C17H31N3O. The molecule has 0 aliphatic heterocycles. The Balaban J connectivity index is 2.66. The van der Waals surface area contributed by atoms with E-state index >= 15 is 0 Å². The summed E-state index contributed by atoms with van der Waals surface area (Å²) >= 11 is 0. The predicted octanol–water partition coefficient (Wildman–Crippen LogP) is 4.46. The third kappa shape index (κ3) is 6.78. The Morgan fingerprint density at radius 3 is 2.57 bits per heavy atom. The first kappa shape index (κ1) is 17.7. The summed E-state index contributed by atoms with van der Waals surface area (Å²) in [5.41, 5.74) is 0. The van der Waals surface area contributed by atoms with E-state index < -0.39 is 0 Å². The highest BCUT2D eigenvalue weighted by atomic mass is 16.5. The molecule has 0 aliphatic carbocycles. The maximum atomic E-state index is 5.94. The number of rotatable bonds is 11. The van der Waals surface area contributed by atoms with E-state index in [9.17, 15) is 0 Å². The van der Waals surface area contributed by atoms with Crippen LogP contribution < -0.4 is 10.1 Å². The number of hydrogen-bond acceptors (Lipinski definition) is 4. The van der Waals surface area contributed by atoms with E-state index in [1.54, 1.807) is 0 Å². The van der Waals surface area contributed by atoms with Gasteiger partial charge in [-0.2, -0.15) is 4.98 Å². The fourth-order valence-corrected chi connectivity index (χ4v) is 2.26. The Morgan fingerprint density at radius 2 is 1.95 bits per heavy atom. The van der Waals surface area contributed by atoms with Crippen molar-refractivity contribution in [2.24, 2.45) is 5.92 Å². The lowest BCUT2D eigenvalue weighted by Gasteiger charge is -2.16. The second kappa shape index (κ2) is 10.4. The van der Waals surface area contributed by atoms with Crippen molar-refractivity contribution in [2.75, 3.05) is 18.5 Å². The zero-order valence-electron chi connectivity index (χ0n) is 14.1. The molecule has 0 amide bonds. The topological polar surface area (TPSA) is 47.0 Å². The van der Waals surface area contributed by atoms with Gasteiger partial charge in [0.05, 0.1) is 6.61 Å². The van der Waals surface area contributed by atoms with E-state index in [0.29, 0.717) is 11.8 Å². The fourth-order valence-electron chi connectivity index (χ4n) is 2.26. The van der Waals surface area contributed by atoms with Crippen LogP contribution in [0.5, 0.6) is 5.88 Å². The molecule has 1 atom stereocenters. The minimum atomic E-state index is 0.622. The lowest BCUT2D eigenvalue weighted by molar-refractivity contribution is 0.225. The summed E-state index contributed by atoms with van der Waals surface area (Å²) in [5, 5.41) is 3.25. The SMILES string of the molecule is CCCCC(CC)COc1cc(NCC)nc(CCC)n1. The van der Waals surface area contributed by atoms with Crippen molar-refractivity contribution in [2.45, 2.75) is 66.2 Å². The minimum absolute atomic E-state index is 0.622. The summed E-state index contributed by atoms with van der Waals surface area (Å²) in [6.07, 6.45) is 6.85. The summed E-state index contributed by atoms with van der Waals surface area (Å²) in [5.74, 6) is 3.07. The molecule has 0 saturated heterocycles. The van der Waals surface area contributed by atoms with Crippen LogP contribution in [0.3, 0.4) is 0 Å². The number of hydrogen-bond donors (Lipinski definition) is 1. The Kier molecular flexibility index (Phi) is 8.79. The van der Waals surface area contributed by atoms with Crippen molar-refractivity contribution in [3.8, 4) is 5.88 Å². The average Bonchev–Trinajstić information content (AvgIpc) is 2.48. The van der Waals surface area contributed by atoms with Gasteiger partial charge >= 0.3 is 0 Å². The highest BCUT2D eigenvalue weighted by Gasteiger charge is 2.09. The van der Waals surface area contributed by atoms with Crippen LogP contribution in [0.2, 0.25) is 0 Å². The van der Waals surface area contributed by atoms with Gasteiger partial charge in [-0.3, -0.25) is 0 Å². The van der Waals surface area contributed by atoms with Gasteiger partial charge < -0.3 is 10.1 Å². The van der Waals surface area contributed by atoms with Crippen LogP contribution in [0, 0.1) is 5.92 Å². The molecule has 120 valence electrons. The number of nitrogens with zero attached hydrogens (tertiary/aromatic N) is 2. The fraction of sp³-hybridized carbons (Fsp3) is 0.765. The Hall–Kier alpha value is -1.32. The molecule has 1 heterocycles. The molecule has 0 fully saturated rings. The number of nitrogens with one attached hydrogen (secondary N) is 1. The largest absolute Gasteiger partial charge is 0.477 e. The summed E-state index contributed by atoms with van der Waals surface area (Å²) in [7, 11) is 0. The molecule has 0 aromatic carbocycles. The van der Waals surface area contributed by atoms with Gasteiger partial charge in [0, 0.05) is 19.0 Å². The van der Waals surface area contributed by atoms with Crippen molar-refractivity contribution < 1.29 is 4.74 Å². The van der Waals surface area contributed by atoms with Gasteiger partial charge in [0.25, 0.3) is 0 Å². The van der Waals surface area contributed by atoms with E-state index in [-0.39, 0.29) is 0 Å². The third-order valence-electron chi connectivity index (χ3n) is 3.59. The van der Waals surface area contributed by atoms with Crippen LogP contribution in [-0.4, -0.2) is 23.1 Å². The van der Waals surface area contributed by atoms with Gasteiger partial charge in [-0.25, -0.2) is 4.98 Å². The van der Waals surface area contributed by atoms with E-state index in [1.807, 2.05) is 6.07 Å². The first-order valence-corrected chi connectivity index (χ1v) is 8.47. The molecule has 0 bridgehead atoms. The van der Waals surface area contributed by atoms with E-state index in [0.717, 1.165) is 44.1 Å². The number of anilines is 1. The third-order valence-corrected chi connectivity index (χ3v) is 3.59. The highest BCUT2D eigenvalue weighted by Crippen LogP contribution is 2.18. The molecular weight excluding hydrogens is 262 g/mol. The van der Waals surface area contributed by atoms with Crippen molar-refractivity contribution in [3.05, 3.63) is 11.9 Å². The number of aromatic nitrogens is 2. The van der Waals surface area contributed by atoms with Crippen molar-refractivity contribution in [3.63, 3.8) is 0 Å². The molecule has 0 radical (unpaired) electrons. The monoisotopic (exact) mass is 293 g/mol. The number of unbranched alkanes of at least 4 members (excludes halogenated alkanes) is 1. The molecule has 1 rings (SSSR count). The highest BCUT2D eigenvalue weighted by molar-refractivity contribution is 5.38. The van der Waals surface area contributed by atoms with E-state index in [1.165, 1.54) is 19.3 Å². The van der Waals surface area contributed by atoms with Crippen molar-refractivity contribution in [1.29, 1.82) is 0 Å². The van der Waals surface area contributed by atoms with E-state index in [2.05, 4.69) is 43.0 Å². The molecule has 4 nitrogen and oxygen atoms in total. The van der Waals surface area contributed by atoms with Crippen molar-refractivity contribution >= 4 is 5.82 Å². The molecule has 0 saturated carbocycles. The minimum Gasteiger partial charge on any atom is -0.477 e. The van der Waals surface area contributed by atoms with Gasteiger partial charge in [0.2, 0.25) is 5.88 Å². The standard InChI is InChI=1S/C17H31N3O/c1-5-9-11-14(7-3)13-21-17-12-16(18-8-4)19-15(20-17)10-6-2/h12,14H,5-11,13H2,1-4H3,(H,18,19,20). The summed E-state index contributed by atoms with van der Waals surface area (Å²) in [6.45, 7) is 10.3. The number of aryl methyl sites for hydroxylation is 1.